The van der Waals surface area contributed by atoms with E-state index in [1.807, 2.05) is 30.3 Å². The van der Waals surface area contributed by atoms with Crippen LogP contribution in [0.5, 0.6) is 0 Å². The van der Waals surface area contributed by atoms with Gasteiger partial charge in [0.25, 0.3) is 5.89 Å². The number of aromatic nitrogens is 3. The number of hydrogen-bond acceptors (Lipinski definition) is 5. The molecule has 0 aliphatic rings. The molecule has 0 N–H and O–H groups in total. The Kier molecular flexibility index (Phi) is 4.03. The molecule has 0 aliphatic heterocycles. The van der Waals surface area contributed by atoms with Crippen molar-refractivity contribution in [1.82, 2.24) is 15.3 Å². The molecule has 0 amide bonds. The van der Waals surface area contributed by atoms with Crippen molar-refractivity contribution in [3.8, 4) is 34.1 Å². The molecule has 0 spiro atoms. The first-order valence-electron chi connectivity index (χ1n) is 7.44. The molecule has 25 heavy (non-hydrogen) atoms. The summed E-state index contributed by atoms with van der Waals surface area (Å²) in [5.41, 5.74) is 2.73. The molecule has 2 aromatic carbocycles. The lowest BCUT2D eigenvalue weighted by Gasteiger charge is -2.00. The minimum Gasteiger partial charge on any atom is -0.360 e. The lowest BCUT2D eigenvalue weighted by atomic mass is 10.1. The third kappa shape index (κ3) is 2.92. The molecule has 0 aliphatic carbocycles. The van der Waals surface area contributed by atoms with Crippen LogP contribution in [0.1, 0.15) is 5.76 Å². The zero-order valence-electron chi connectivity index (χ0n) is 13.0. The molecular formula is C18H11Cl2N3O2. The third-order valence-corrected chi connectivity index (χ3v) is 4.32. The van der Waals surface area contributed by atoms with Crippen molar-refractivity contribution in [3.05, 3.63) is 64.3 Å². The second-order valence-electron chi connectivity index (χ2n) is 5.37. The van der Waals surface area contributed by atoms with Gasteiger partial charge in [0.05, 0.1) is 5.02 Å². The molecular weight excluding hydrogens is 361 g/mol. The fraction of sp³-hybridized carbons (Fsp3) is 0.0556. The molecule has 5 nitrogen and oxygen atoms in total. The van der Waals surface area contributed by atoms with E-state index in [0.717, 1.165) is 11.1 Å². The molecule has 0 bridgehead atoms. The van der Waals surface area contributed by atoms with Crippen molar-refractivity contribution in [2.45, 2.75) is 6.92 Å². The van der Waals surface area contributed by atoms with Crippen LogP contribution >= 0.6 is 23.2 Å². The van der Waals surface area contributed by atoms with Gasteiger partial charge < -0.3 is 9.05 Å². The van der Waals surface area contributed by atoms with Gasteiger partial charge in [0.1, 0.15) is 17.0 Å². The summed E-state index contributed by atoms with van der Waals surface area (Å²) in [5.74, 6) is 1.34. The molecule has 0 atom stereocenters. The molecule has 7 heteroatoms. The summed E-state index contributed by atoms with van der Waals surface area (Å²) in [7, 11) is 0. The van der Waals surface area contributed by atoms with Gasteiger partial charge in [0, 0.05) is 16.1 Å². The highest BCUT2D eigenvalue weighted by molar-refractivity contribution is 6.33. The van der Waals surface area contributed by atoms with E-state index in [1.54, 1.807) is 25.1 Å². The minimum absolute atomic E-state index is 0.318. The zero-order valence-corrected chi connectivity index (χ0v) is 14.5. The van der Waals surface area contributed by atoms with Crippen LogP contribution in [0.25, 0.3) is 34.1 Å². The number of rotatable bonds is 3. The van der Waals surface area contributed by atoms with Gasteiger partial charge >= 0.3 is 0 Å². The molecule has 0 radical (unpaired) electrons. The molecule has 0 unspecified atom stereocenters. The van der Waals surface area contributed by atoms with Gasteiger partial charge in [0.2, 0.25) is 5.82 Å². The van der Waals surface area contributed by atoms with Crippen LogP contribution in [-0.2, 0) is 0 Å². The zero-order chi connectivity index (χ0) is 17.4. The predicted octanol–water partition coefficient (Wildman–Crippen LogP) is 5.67. The SMILES string of the molecule is Cc1onc(-c2ccccc2Cl)c1-c1nc(-c2ccc(Cl)cc2)no1. The first-order chi connectivity index (χ1) is 12.1. The van der Waals surface area contributed by atoms with E-state index in [-0.39, 0.29) is 0 Å². The van der Waals surface area contributed by atoms with Gasteiger partial charge in [-0.2, -0.15) is 4.98 Å². The third-order valence-electron chi connectivity index (χ3n) is 3.73. The minimum atomic E-state index is 0.318. The van der Waals surface area contributed by atoms with Crippen LogP contribution in [-0.4, -0.2) is 15.3 Å². The average Bonchev–Trinajstić information content (AvgIpc) is 3.23. The fourth-order valence-corrected chi connectivity index (χ4v) is 2.85. The first-order valence-corrected chi connectivity index (χ1v) is 8.20. The topological polar surface area (TPSA) is 65.0 Å². The number of aryl methyl sites for hydroxylation is 1. The van der Waals surface area contributed by atoms with Gasteiger partial charge in [-0.25, -0.2) is 0 Å². The maximum absolute atomic E-state index is 6.28. The molecule has 0 saturated heterocycles. The summed E-state index contributed by atoms with van der Waals surface area (Å²) >= 11 is 12.2. The number of hydrogen-bond donors (Lipinski definition) is 0. The Bertz CT molecular complexity index is 1040. The highest BCUT2D eigenvalue weighted by Gasteiger charge is 2.23. The normalized spacial score (nSPS) is 11.0. The van der Waals surface area contributed by atoms with Gasteiger partial charge in [-0.1, -0.05) is 51.7 Å². The maximum atomic E-state index is 6.28. The molecule has 0 fully saturated rings. The number of benzene rings is 2. The highest BCUT2D eigenvalue weighted by atomic mass is 35.5. The van der Waals surface area contributed by atoms with Crippen molar-refractivity contribution >= 4 is 23.2 Å². The highest BCUT2D eigenvalue weighted by Crippen LogP contribution is 2.37. The first kappa shape index (κ1) is 15.9. The van der Waals surface area contributed by atoms with Gasteiger partial charge in [-0.15, -0.1) is 0 Å². The average molecular weight is 372 g/mol. The Morgan fingerprint density at radius 1 is 0.880 bits per heavy atom. The summed E-state index contributed by atoms with van der Waals surface area (Å²) < 4.78 is 10.8. The lowest BCUT2D eigenvalue weighted by molar-refractivity contribution is 0.397. The Morgan fingerprint density at radius 3 is 2.40 bits per heavy atom. The molecule has 124 valence electrons. The van der Waals surface area contributed by atoms with Crippen molar-refractivity contribution < 1.29 is 9.05 Å². The van der Waals surface area contributed by atoms with E-state index in [2.05, 4.69) is 15.3 Å². The Labute approximate surface area is 153 Å². The summed E-state index contributed by atoms with van der Waals surface area (Å²) in [6.45, 7) is 1.79. The summed E-state index contributed by atoms with van der Waals surface area (Å²) in [4.78, 5) is 4.47. The van der Waals surface area contributed by atoms with E-state index >= 15 is 0 Å². The van der Waals surface area contributed by atoms with Crippen LogP contribution in [0.3, 0.4) is 0 Å². The smallest absolute Gasteiger partial charge is 0.264 e. The standard InChI is InChI=1S/C18H11Cl2N3O2/c1-10-15(16(22-24-10)13-4-2-3-5-14(13)20)18-21-17(23-25-18)11-6-8-12(19)9-7-11/h2-9H,1H3. The van der Waals surface area contributed by atoms with Gasteiger partial charge in [0.15, 0.2) is 0 Å². The maximum Gasteiger partial charge on any atom is 0.264 e. The summed E-state index contributed by atoms with van der Waals surface area (Å²) in [6.07, 6.45) is 0. The van der Waals surface area contributed by atoms with Gasteiger partial charge in [-0.05, 0) is 37.3 Å². The second kappa shape index (κ2) is 6.35. The van der Waals surface area contributed by atoms with Crippen molar-refractivity contribution in [3.63, 3.8) is 0 Å². The quantitative estimate of drug-likeness (QED) is 0.463. The van der Waals surface area contributed by atoms with Crippen LogP contribution in [0, 0.1) is 6.92 Å². The summed E-state index contributed by atoms with van der Waals surface area (Å²) in [6, 6.07) is 14.6. The summed E-state index contributed by atoms with van der Waals surface area (Å²) in [5, 5.41) is 9.36. The van der Waals surface area contributed by atoms with Crippen LogP contribution in [0.15, 0.2) is 57.6 Å². The van der Waals surface area contributed by atoms with E-state index < -0.39 is 0 Å². The Hall–Kier alpha value is -2.63. The van der Waals surface area contributed by atoms with Crippen LogP contribution < -0.4 is 0 Å². The fourth-order valence-electron chi connectivity index (χ4n) is 2.50. The largest absolute Gasteiger partial charge is 0.360 e. The Morgan fingerprint density at radius 2 is 1.64 bits per heavy atom. The second-order valence-corrected chi connectivity index (χ2v) is 6.22. The number of nitrogens with zero attached hydrogens (tertiary/aromatic N) is 3. The monoisotopic (exact) mass is 371 g/mol. The predicted molar refractivity (Wildman–Crippen MR) is 95.4 cm³/mol. The van der Waals surface area contributed by atoms with Crippen LogP contribution in [0.4, 0.5) is 0 Å². The van der Waals surface area contributed by atoms with Crippen molar-refractivity contribution in [1.29, 1.82) is 0 Å². The molecule has 2 heterocycles. The molecule has 0 saturated carbocycles. The molecule has 4 aromatic rings. The lowest BCUT2D eigenvalue weighted by Crippen LogP contribution is -1.86. The van der Waals surface area contributed by atoms with Crippen molar-refractivity contribution in [2.75, 3.05) is 0 Å². The Balaban J connectivity index is 1.80. The number of halogens is 2. The van der Waals surface area contributed by atoms with Gasteiger partial charge in [-0.3, -0.25) is 0 Å². The molecule has 4 rings (SSSR count). The van der Waals surface area contributed by atoms with E-state index in [9.17, 15) is 0 Å². The molecule has 2 aromatic heterocycles. The van der Waals surface area contributed by atoms with E-state index in [1.165, 1.54) is 0 Å². The van der Waals surface area contributed by atoms with Crippen LogP contribution in [0.2, 0.25) is 10.0 Å². The van der Waals surface area contributed by atoms with Crippen molar-refractivity contribution in [2.24, 2.45) is 0 Å². The van der Waals surface area contributed by atoms with E-state index in [4.69, 9.17) is 32.2 Å². The van der Waals surface area contributed by atoms with E-state index in [0.29, 0.717) is 38.8 Å².